The van der Waals surface area contributed by atoms with Gasteiger partial charge in [0.15, 0.2) is 10.8 Å². The van der Waals surface area contributed by atoms with E-state index in [-0.39, 0.29) is 17.2 Å². The Morgan fingerprint density at radius 1 is 1.14 bits per heavy atom. The number of sulfonamides is 1. The first kappa shape index (κ1) is 21.2. The number of furan rings is 1. The molecule has 0 bridgehead atoms. The first-order chi connectivity index (χ1) is 13.8. The molecule has 0 aliphatic carbocycles. The van der Waals surface area contributed by atoms with Gasteiger partial charge in [-0.3, -0.25) is 4.79 Å². The molecular weight excluding hydrogens is 410 g/mol. The monoisotopic (exact) mass is 433 g/mol. The summed E-state index contributed by atoms with van der Waals surface area (Å²) in [4.78, 5) is 17.0. The number of carbonyl (C=O) groups is 1. The molecule has 3 aromatic rings. The van der Waals surface area contributed by atoms with Crippen LogP contribution in [0.25, 0.3) is 10.8 Å². The number of benzene rings is 1. The lowest BCUT2D eigenvalue weighted by molar-refractivity contribution is -0.115. The molecular formula is C20H23N3O4S2. The van der Waals surface area contributed by atoms with Crippen LogP contribution >= 0.6 is 11.3 Å². The van der Waals surface area contributed by atoms with Crippen molar-refractivity contribution in [2.45, 2.75) is 32.1 Å². The lowest BCUT2D eigenvalue weighted by Gasteiger charge is -2.18. The Bertz CT molecular complexity index is 1080. The van der Waals surface area contributed by atoms with Crippen LogP contribution in [0.4, 0.5) is 5.69 Å². The van der Waals surface area contributed by atoms with E-state index in [9.17, 15) is 13.2 Å². The van der Waals surface area contributed by atoms with Crippen LogP contribution in [-0.2, 0) is 21.2 Å². The maximum Gasteiger partial charge on any atom is 0.243 e. The fourth-order valence-electron chi connectivity index (χ4n) is 2.84. The number of aryl methyl sites for hydroxylation is 1. The standard InChI is InChI=1S/C20H23N3O4S2/c1-4-23(5-2)29(25,26)17-9-7-15(8-10-17)21-19(24)12-16-13-28-20(22-16)18-11-6-14(3)27-18/h6-11,13H,4-5,12H2,1-3H3,(H,21,24). The lowest BCUT2D eigenvalue weighted by Crippen LogP contribution is -2.30. The number of carbonyl (C=O) groups excluding carboxylic acids is 1. The molecule has 0 atom stereocenters. The van der Waals surface area contributed by atoms with Gasteiger partial charge in [0.05, 0.1) is 17.0 Å². The third-order valence-corrected chi connectivity index (χ3v) is 7.30. The smallest absolute Gasteiger partial charge is 0.243 e. The second-order valence-corrected chi connectivity index (χ2v) is 9.19. The van der Waals surface area contributed by atoms with Crippen molar-refractivity contribution in [2.24, 2.45) is 0 Å². The number of amides is 1. The van der Waals surface area contributed by atoms with Crippen LogP contribution in [-0.4, -0.2) is 36.7 Å². The van der Waals surface area contributed by atoms with Crippen LogP contribution < -0.4 is 5.32 Å². The van der Waals surface area contributed by atoms with Crippen molar-refractivity contribution < 1.29 is 17.6 Å². The van der Waals surface area contributed by atoms with Gasteiger partial charge in [-0.2, -0.15) is 4.31 Å². The minimum atomic E-state index is -3.51. The van der Waals surface area contributed by atoms with Crippen LogP contribution in [0.5, 0.6) is 0 Å². The van der Waals surface area contributed by atoms with Gasteiger partial charge in [0.2, 0.25) is 15.9 Å². The molecule has 0 saturated carbocycles. The molecule has 154 valence electrons. The van der Waals surface area contributed by atoms with E-state index in [0.29, 0.717) is 30.2 Å². The molecule has 9 heteroatoms. The average Bonchev–Trinajstić information content (AvgIpc) is 3.32. The van der Waals surface area contributed by atoms with E-state index >= 15 is 0 Å². The van der Waals surface area contributed by atoms with Crippen LogP contribution in [0.1, 0.15) is 25.3 Å². The number of thiazole rings is 1. The van der Waals surface area contributed by atoms with Crippen LogP contribution in [0.2, 0.25) is 0 Å². The van der Waals surface area contributed by atoms with Gasteiger partial charge in [-0.05, 0) is 43.3 Å². The molecule has 0 aliphatic heterocycles. The van der Waals surface area contributed by atoms with Crippen LogP contribution in [0.3, 0.4) is 0 Å². The summed E-state index contributed by atoms with van der Waals surface area (Å²) < 4.78 is 32.0. The van der Waals surface area contributed by atoms with Gasteiger partial charge in [-0.1, -0.05) is 13.8 Å². The average molecular weight is 434 g/mol. The summed E-state index contributed by atoms with van der Waals surface area (Å²) in [6.45, 7) is 6.28. The van der Waals surface area contributed by atoms with Crippen LogP contribution in [0.15, 0.2) is 51.1 Å². The molecule has 0 unspecified atom stereocenters. The molecule has 7 nitrogen and oxygen atoms in total. The molecule has 2 aromatic heterocycles. The first-order valence-corrected chi connectivity index (χ1v) is 11.6. The summed E-state index contributed by atoms with van der Waals surface area (Å²) in [5.74, 6) is 1.27. The zero-order valence-electron chi connectivity index (χ0n) is 16.5. The van der Waals surface area contributed by atoms with Gasteiger partial charge in [0.25, 0.3) is 0 Å². The summed E-state index contributed by atoms with van der Waals surface area (Å²) in [6.07, 6.45) is 0.121. The fourth-order valence-corrected chi connectivity index (χ4v) is 5.08. The SMILES string of the molecule is CCN(CC)S(=O)(=O)c1ccc(NC(=O)Cc2csc(-c3ccc(C)o3)n2)cc1. The Morgan fingerprint density at radius 3 is 2.41 bits per heavy atom. The molecule has 0 radical (unpaired) electrons. The minimum Gasteiger partial charge on any atom is -0.459 e. The molecule has 1 aromatic carbocycles. The van der Waals surface area contributed by atoms with E-state index in [2.05, 4.69) is 10.3 Å². The molecule has 0 spiro atoms. The number of nitrogens with one attached hydrogen (secondary N) is 1. The second-order valence-electron chi connectivity index (χ2n) is 6.39. The van der Waals surface area contributed by atoms with E-state index in [0.717, 1.165) is 10.8 Å². The van der Waals surface area contributed by atoms with Gasteiger partial charge in [-0.25, -0.2) is 13.4 Å². The predicted molar refractivity (Wildman–Crippen MR) is 113 cm³/mol. The number of rotatable bonds is 8. The van der Waals surface area contributed by atoms with Crippen molar-refractivity contribution >= 4 is 33.0 Å². The highest BCUT2D eigenvalue weighted by Crippen LogP contribution is 2.26. The maximum atomic E-state index is 12.5. The molecule has 0 saturated heterocycles. The Hall–Kier alpha value is -2.49. The molecule has 29 heavy (non-hydrogen) atoms. The topological polar surface area (TPSA) is 92.5 Å². The largest absolute Gasteiger partial charge is 0.459 e. The summed E-state index contributed by atoms with van der Waals surface area (Å²) in [5, 5.41) is 5.33. The van der Waals surface area contributed by atoms with Crippen LogP contribution in [0, 0.1) is 6.92 Å². The fraction of sp³-hybridized carbons (Fsp3) is 0.300. The summed E-state index contributed by atoms with van der Waals surface area (Å²) >= 11 is 1.42. The predicted octanol–water partition coefficient (Wildman–Crippen LogP) is 3.92. The molecule has 1 amide bonds. The quantitative estimate of drug-likeness (QED) is 0.581. The van der Waals surface area contributed by atoms with Crippen molar-refractivity contribution in [2.75, 3.05) is 18.4 Å². The highest BCUT2D eigenvalue weighted by Gasteiger charge is 2.21. The Kier molecular flexibility index (Phi) is 6.51. The zero-order valence-corrected chi connectivity index (χ0v) is 18.1. The molecule has 0 fully saturated rings. The zero-order chi connectivity index (χ0) is 21.0. The second kappa shape index (κ2) is 8.89. The first-order valence-electron chi connectivity index (χ1n) is 9.24. The van der Waals surface area contributed by atoms with E-state index in [1.165, 1.54) is 27.8 Å². The van der Waals surface area contributed by atoms with Gasteiger partial charge in [-0.15, -0.1) is 11.3 Å². The van der Waals surface area contributed by atoms with Crippen molar-refractivity contribution in [1.82, 2.24) is 9.29 Å². The van der Waals surface area contributed by atoms with E-state index in [4.69, 9.17) is 4.42 Å². The number of nitrogens with zero attached hydrogens (tertiary/aromatic N) is 2. The minimum absolute atomic E-state index is 0.121. The molecule has 0 aliphatic rings. The summed E-state index contributed by atoms with van der Waals surface area (Å²) in [6, 6.07) is 9.91. The number of hydrogen-bond donors (Lipinski definition) is 1. The molecule has 1 N–H and O–H groups in total. The van der Waals surface area contributed by atoms with Crippen molar-refractivity contribution in [3.05, 3.63) is 53.2 Å². The number of anilines is 1. The summed E-state index contributed by atoms with van der Waals surface area (Å²) in [5.41, 5.74) is 1.18. The van der Waals surface area contributed by atoms with Crippen molar-refractivity contribution in [3.8, 4) is 10.8 Å². The Labute approximate surface area is 174 Å². The number of hydrogen-bond acceptors (Lipinski definition) is 6. The van der Waals surface area contributed by atoms with Gasteiger partial charge in [0, 0.05) is 24.2 Å². The van der Waals surface area contributed by atoms with Crippen molar-refractivity contribution in [1.29, 1.82) is 0 Å². The highest BCUT2D eigenvalue weighted by atomic mass is 32.2. The maximum absolute atomic E-state index is 12.5. The van der Waals surface area contributed by atoms with Gasteiger partial charge >= 0.3 is 0 Å². The van der Waals surface area contributed by atoms with E-state index in [1.54, 1.807) is 26.0 Å². The van der Waals surface area contributed by atoms with E-state index in [1.807, 2.05) is 24.4 Å². The highest BCUT2D eigenvalue weighted by molar-refractivity contribution is 7.89. The van der Waals surface area contributed by atoms with E-state index < -0.39 is 10.0 Å². The Balaban J connectivity index is 1.63. The molecule has 3 rings (SSSR count). The van der Waals surface area contributed by atoms with Gasteiger partial charge in [0.1, 0.15) is 5.76 Å². The third kappa shape index (κ3) is 4.92. The lowest BCUT2D eigenvalue weighted by atomic mass is 10.3. The Morgan fingerprint density at radius 2 is 1.83 bits per heavy atom. The van der Waals surface area contributed by atoms with Crippen molar-refractivity contribution in [3.63, 3.8) is 0 Å². The van der Waals surface area contributed by atoms with Gasteiger partial charge < -0.3 is 9.73 Å². The number of aromatic nitrogens is 1. The summed E-state index contributed by atoms with van der Waals surface area (Å²) in [7, 11) is -3.51. The normalized spacial score (nSPS) is 11.7. The molecule has 2 heterocycles. The third-order valence-electron chi connectivity index (χ3n) is 4.33.